The van der Waals surface area contributed by atoms with E-state index in [-0.39, 0.29) is 18.9 Å². The van der Waals surface area contributed by atoms with Crippen LogP contribution in [0.5, 0.6) is 0 Å². The van der Waals surface area contributed by atoms with E-state index in [2.05, 4.69) is 15.4 Å². The van der Waals surface area contributed by atoms with Gasteiger partial charge in [0.25, 0.3) is 0 Å². The molecule has 100 valence electrons. The first-order chi connectivity index (χ1) is 8.54. The molecular weight excluding hydrogens is 238 g/mol. The molecule has 1 amide bonds. The van der Waals surface area contributed by atoms with Gasteiger partial charge < -0.3 is 9.72 Å². The molecular formula is C11H17N3O4. The predicted molar refractivity (Wildman–Crippen MR) is 64.0 cm³/mol. The van der Waals surface area contributed by atoms with Crippen molar-refractivity contribution in [1.29, 1.82) is 0 Å². The average molecular weight is 255 g/mol. The summed E-state index contributed by atoms with van der Waals surface area (Å²) < 4.78 is 4.77. The molecule has 2 N–H and O–H groups in total. The van der Waals surface area contributed by atoms with Gasteiger partial charge in [-0.3, -0.25) is 9.63 Å². The van der Waals surface area contributed by atoms with Gasteiger partial charge in [-0.2, -0.15) is 4.98 Å². The Morgan fingerprint density at radius 3 is 2.72 bits per heavy atom. The number of aromatic nitrogens is 2. The molecule has 1 aromatic rings. The molecule has 1 heterocycles. The van der Waals surface area contributed by atoms with Crippen LogP contribution in [-0.4, -0.2) is 36.2 Å². The van der Waals surface area contributed by atoms with Crippen molar-refractivity contribution in [2.24, 2.45) is 0 Å². The van der Waals surface area contributed by atoms with E-state index in [0.29, 0.717) is 23.6 Å². The van der Waals surface area contributed by atoms with Crippen molar-refractivity contribution in [2.45, 2.75) is 20.3 Å². The van der Waals surface area contributed by atoms with Gasteiger partial charge in [0.2, 0.25) is 5.91 Å². The average Bonchev–Trinajstić information content (AvgIpc) is 2.29. The summed E-state index contributed by atoms with van der Waals surface area (Å²) in [5.74, 6) is -0.300. The number of aryl methyl sites for hydroxylation is 2. The number of amides is 1. The molecule has 0 aliphatic carbocycles. The van der Waals surface area contributed by atoms with Crippen LogP contribution in [0.15, 0.2) is 4.79 Å². The number of nitrogens with one attached hydrogen (secondary N) is 2. The van der Waals surface area contributed by atoms with E-state index in [4.69, 9.17) is 9.57 Å². The van der Waals surface area contributed by atoms with E-state index in [9.17, 15) is 9.59 Å². The summed E-state index contributed by atoms with van der Waals surface area (Å²) >= 11 is 0. The largest absolute Gasteiger partial charge is 0.382 e. The quantitative estimate of drug-likeness (QED) is 0.534. The summed E-state index contributed by atoms with van der Waals surface area (Å²) in [5, 5.41) is 0. The maximum Gasteiger partial charge on any atom is 0.345 e. The van der Waals surface area contributed by atoms with Gasteiger partial charge in [0.15, 0.2) is 0 Å². The number of H-pyrrole nitrogens is 1. The highest BCUT2D eigenvalue weighted by molar-refractivity contribution is 5.78. The lowest BCUT2D eigenvalue weighted by Crippen LogP contribution is -2.28. The Morgan fingerprint density at radius 2 is 2.11 bits per heavy atom. The highest BCUT2D eigenvalue weighted by Gasteiger charge is 2.10. The lowest BCUT2D eigenvalue weighted by molar-refractivity contribution is -0.133. The molecule has 0 saturated heterocycles. The molecule has 0 unspecified atom stereocenters. The van der Waals surface area contributed by atoms with Crippen molar-refractivity contribution < 1.29 is 14.4 Å². The number of ether oxygens (including phenoxy) is 1. The molecule has 0 radical (unpaired) electrons. The summed E-state index contributed by atoms with van der Waals surface area (Å²) in [6, 6.07) is 0. The fraction of sp³-hybridized carbons (Fsp3) is 0.545. The smallest absolute Gasteiger partial charge is 0.345 e. The fourth-order valence-corrected chi connectivity index (χ4v) is 1.47. The Kier molecular flexibility index (Phi) is 5.47. The van der Waals surface area contributed by atoms with E-state index in [1.807, 2.05) is 0 Å². The Labute approximate surface area is 104 Å². The number of carbonyl (C=O) groups is 1. The number of rotatable bonds is 6. The molecule has 0 aliphatic rings. The van der Waals surface area contributed by atoms with Gasteiger partial charge in [0, 0.05) is 24.1 Å². The standard InChI is InChI=1S/C11H17N3O4/c1-7-9(8(2)13-11(16)12-7)6-10(15)14-18-5-4-17-3/h4-6H2,1-3H3,(H,14,15)(H,12,13,16). The van der Waals surface area contributed by atoms with Crippen molar-refractivity contribution in [3.8, 4) is 0 Å². The molecule has 7 nitrogen and oxygen atoms in total. The van der Waals surface area contributed by atoms with Gasteiger partial charge in [-0.15, -0.1) is 0 Å². The van der Waals surface area contributed by atoms with E-state index in [0.717, 1.165) is 0 Å². The zero-order valence-corrected chi connectivity index (χ0v) is 10.7. The van der Waals surface area contributed by atoms with Crippen LogP contribution >= 0.6 is 0 Å². The summed E-state index contributed by atoms with van der Waals surface area (Å²) in [4.78, 5) is 33.8. The van der Waals surface area contributed by atoms with Crippen molar-refractivity contribution in [3.05, 3.63) is 27.4 Å². The minimum Gasteiger partial charge on any atom is -0.382 e. The molecule has 7 heteroatoms. The number of aromatic amines is 1. The van der Waals surface area contributed by atoms with E-state index < -0.39 is 5.69 Å². The predicted octanol–water partition coefficient (Wildman–Crippen LogP) is -0.377. The van der Waals surface area contributed by atoms with Gasteiger partial charge in [0.1, 0.15) is 0 Å². The maximum absolute atomic E-state index is 11.6. The zero-order valence-electron chi connectivity index (χ0n) is 10.7. The van der Waals surface area contributed by atoms with E-state index in [1.165, 1.54) is 0 Å². The monoisotopic (exact) mass is 255 g/mol. The third-order valence-electron chi connectivity index (χ3n) is 2.37. The number of hydroxylamine groups is 1. The zero-order chi connectivity index (χ0) is 13.5. The molecule has 0 saturated carbocycles. The third-order valence-corrected chi connectivity index (χ3v) is 2.37. The molecule has 0 bridgehead atoms. The van der Waals surface area contributed by atoms with Gasteiger partial charge in [-0.25, -0.2) is 10.3 Å². The molecule has 1 rings (SSSR count). The Bertz CT molecular complexity index is 444. The van der Waals surface area contributed by atoms with Crippen molar-refractivity contribution in [3.63, 3.8) is 0 Å². The molecule has 0 aliphatic heterocycles. The maximum atomic E-state index is 11.6. The summed E-state index contributed by atoms with van der Waals surface area (Å²) in [6.07, 6.45) is 0.106. The van der Waals surface area contributed by atoms with Gasteiger partial charge in [-0.05, 0) is 13.8 Å². The molecule has 1 aromatic heterocycles. The van der Waals surface area contributed by atoms with Crippen molar-refractivity contribution >= 4 is 5.91 Å². The van der Waals surface area contributed by atoms with Crippen molar-refractivity contribution in [1.82, 2.24) is 15.4 Å². The first kappa shape index (κ1) is 14.3. The Balaban J connectivity index is 2.57. The first-order valence-corrected chi connectivity index (χ1v) is 5.50. The van der Waals surface area contributed by atoms with Crippen LogP contribution in [-0.2, 0) is 20.8 Å². The van der Waals surface area contributed by atoms with E-state index in [1.54, 1.807) is 21.0 Å². The fourth-order valence-electron chi connectivity index (χ4n) is 1.47. The highest BCUT2D eigenvalue weighted by Crippen LogP contribution is 2.07. The minimum atomic E-state index is -0.412. The van der Waals surface area contributed by atoms with Crippen LogP contribution in [0.1, 0.15) is 17.0 Å². The number of nitrogens with zero attached hydrogens (tertiary/aromatic N) is 1. The van der Waals surface area contributed by atoms with Gasteiger partial charge in [-0.1, -0.05) is 0 Å². The summed E-state index contributed by atoms with van der Waals surface area (Å²) in [5.41, 5.74) is 3.76. The Morgan fingerprint density at radius 1 is 1.39 bits per heavy atom. The van der Waals surface area contributed by atoms with Crippen LogP contribution in [0.4, 0.5) is 0 Å². The normalized spacial score (nSPS) is 10.4. The van der Waals surface area contributed by atoms with Crippen LogP contribution in [0, 0.1) is 13.8 Å². The SMILES string of the molecule is COCCONC(=O)Cc1c(C)nc(=O)[nH]c1C. The van der Waals surface area contributed by atoms with Gasteiger partial charge in [0.05, 0.1) is 19.6 Å². The second kappa shape index (κ2) is 6.87. The topological polar surface area (TPSA) is 93.3 Å². The molecule has 18 heavy (non-hydrogen) atoms. The third kappa shape index (κ3) is 4.27. The van der Waals surface area contributed by atoms with Gasteiger partial charge >= 0.3 is 5.69 Å². The number of carbonyl (C=O) groups excluding carboxylic acids is 1. The lowest BCUT2D eigenvalue weighted by Gasteiger charge is -2.09. The van der Waals surface area contributed by atoms with Crippen LogP contribution in [0.2, 0.25) is 0 Å². The highest BCUT2D eigenvalue weighted by atomic mass is 16.7. The van der Waals surface area contributed by atoms with Crippen molar-refractivity contribution in [2.75, 3.05) is 20.3 Å². The molecule has 0 atom stereocenters. The minimum absolute atomic E-state index is 0.106. The first-order valence-electron chi connectivity index (χ1n) is 5.50. The molecule has 0 aromatic carbocycles. The second-order valence-corrected chi connectivity index (χ2v) is 3.77. The van der Waals surface area contributed by atoms with Crippen LogP contribution in [0.25, 0.3) is 0 Å². The molecule has 0 fully saturated rings. The number of hydrogen-bond donors (Lipinski definition) is 2. The Hall–Kier alpha value is -1.73. The van der Waals surface area contributed by atoms with Crippen LogP contribution in [0.3, 0.4) is 0 Å². The second-order valence-electron chi connectivity index (χ2n) is 3.77. The van der Waals surface area contributed by atoms with E-state index >= 15 is 0 Å². The lowest BCUT2D eigenvalue weighted by atomic mass is 10.1. The van der Waals surface area contributed by atoms with Crippen LogP contribution < -0.4 is 11.2 Å². The molecule has 0 spiro atoms. The number of hydrogen-bond acceptors (Lipinski definition) is 5. The summed E-state index contributed by atoms with van der Waals surface area (Å²) in [6.45, 7) is 4.10. The number of methoxy groups -OCH3 is 1. The summed E-state index contributed by atoms with van der Waals surface area (Å²) in [7, 11) is 1.55.